The first-order valence-corrected chi connectivity index (χ1v) is 8.20. The topological polar surface area (TPSA) is 109 Å². The molecule has 0 radical (unpaired) electrons. The van der Waals surface area contributed by atoms with Crippen LogP contribution in [0.2, 0.25) is 0 Å². The van der Waals surface area contributed by atoms with E-state index in [1.165, 1.54) is 35.7 Å². The minimum atomic E-state index is -3.76. The molecule has 8 nitrogen and oxygen atoms in total. The molecule has 0 aliphatic rings. The predicted octanol–water partition coefficient (Wildman–Crippen LogP) is 1.09. The van der Waals surface area contributed by atoms with Gasteiger partial charge in [0.15, 0.2) is 5.82 Å². The van der Waals surface area contributed by atoms with Gasteiger partial charge in [-0.2, -0.15) is 14.6 Å². The van der Waals surface area contributed by atoms with Gasteiger partial charge in [0.2, 0.25) is 15.9 Å². The van der Waals surface area contributed by atoms with Crippen molar-refractivity contribution < 1.29 is 17.7 Å². The first-order valence-electron chi connectivity index (χ1n) is 6.76. The van der Waals surface area contributed by atoms with Gasteiger partial charge < -0.3 is 9.26 Å². The van der Waals surface area contributed by atoms with Gasteiger partial charge in [-0.1, -0.05) is 5.16 Å². The molecule has 0 spiro atoms. The normalized spacial score (nSPS) is 11.6. The average Bonchev–Trinajstić information content (AvgIpc) is 2.96. The van der Waals surface area contributed by atoms with E-state index in [0.29, 0.717) is 11.5 Å². The molecular weight excluding hydrogens is 320 g/mol. The number of hydrogen-bond acceptors (Lipinski definition) is 7. The van der Waals surface area contributed by atoms with E-state index in [1.807, 2.05) is 6.07 Å². The molecule has 0 N–H and O–H groups in total. The van der Waals surface area contributed by atoms with E-state index in [9.17, 15) is 8.42 Å². The van der Waals surface area contributed by atoms with Crippen LogP contribution in [0.5, 0.6) is 0 Å². The number of sulfonamides is 1. The summed E-state index contributed by atoms with van der Waals surface area (Å²) < 4.78 is 36.5. The highest BCUT2D eigenvalue weighted by Gasteiger charge is 2.26. The Kier molecular flexibility index (Phi) is 5.44. The molecule has 0 amide bonds. The van der Waals surface area contributed by atoms with Crippen LogP contribution >= 0.6 is 0 Å². The van der Waals surface area contributed by atoms with E-state index < -0.39 is 10.0 Å². The zero-order valence-corrected chi connectivity index (χ0v) is 13.6. The summed E-state index contributed by atoms with van der Waals surface area (Å²) in [7, 11) is -2.27. The third-order valence-electron chi connectivity index (χ3n) is 3.05. The predicted molar refractivity (Wildman–Crippen MR) is 79.7 cm³/mol. The molecule has 2 rings (SSSR count). The number of benzene rings is 1. The van der Waals surface area contributed by atoms with Gasteiger partial charge in [0.25, 0.3) is 0 Å². The van der Waals surface area contributed by atoms with E-state index >= 15 is 0 Å². The fourth-order valence-electron chi connectivity index (χ4n) is 1.89. The van der Waals surface area contributed by atoms with Crippen LogP contribution in [0.3, 0.4) is 0 Å². The van der Waals surface area contributed by atoms with Crippen molar-refractivity contribution in [2.45, 2.75) is 18.4 Å². The number of hydrogen-bond donors (Lipinski definition) is 0. The summed E-state index contributed by atoms with van der Waals surface area (Å²) in [6.07, 6.45) is 0. The third-order valence-corrected chi connectivity index (χ3v) is 4.91. The molecule has 23 heavy (non-hydrogen) atoms. The van der Waals surface area contributed by atoms with Crippen LogP contribution in [0.4, 0.5) is 0 Å². The fraction of sp³-hybridized carbons (Fsp3) is 0.357. The van der Waals surface area contributed by atoms with Gasteiger partial charge in [-0.3, -0.25) is 0 Å². The van der Waals surface area contributed by atoms with Gasteiger partial charge in [0.1, 0.15) is 0 Å². The molecule has 0 fully saturated rings. The van der Waals surface area contributed by atoms with Gasteiger partial charge >= 0.3 is 0 Å². The molecule has 1 heterocycles. The van der Waals surface area contributed by atoms with Crippen LogP contribution < -0.4 is 0 Å². The Morgan fingerprint density at radius 2 is 2.04 bits per heavy atom. The molecule has 0 saturated carbocycles. The number of aromatic nitrogens is 2. The van der Waals surface area contributed by atoms with Crippen LogP contribution in [0.15, 0.2) is 33.7 Å². The standard InChI is InChI=1S/C14H16N4O4S/c1-11-16-14(17-22-11)10-18(7-8-21-2)23(19,20)13-5-3-12(9-15)4-6-13/h3-6H,7-8,10H2,1-2H3. The average molecular weight is 336 g/mol. The molecular formula is C14H16N4O4S. The van der Waals surface area contributed by atoms with Crippen LogP contribution in [0.1, 0.15) is 17.3 Å². The highest BCUT2D eigenvalue weighted by atomic mass is 32.2. The van der Waals surface area contributed by atoms with Crippen LogP contribution in [-0.2, 0) is 21.3 Å². The second-order valence-corrected chi connectivity index (χ2v) is 6.64. The molecule has 0 aliphatic heterocycles. The highest BCUT2D eigenvalue weighted by Crippen LogP contribution is 2.18. The van der Waals surface area contributed by atoms with Crippen LogP contribution in [0, 0.1) is 18.3 Å². The summed E-state index contributed by atoms with van der Waals surface area (Å²) in [5.41, 5.74) is 0.390. The maximum atomic E-state index is 12.8. The van der Waals surface area contributed by atoms with Crippen LogP contribution in [0.25, 0.3) is 0 Å². The van der Waals surface area contributed by atoms with E-state index in [0.717, 1.165) is 0 Å². The number of rotatable bonds is 7. The molecule has 122 valence electrons. The van der Waals surface area contributed by atoms with Crippen molar-refractivity contribution in [3.05, 3.63) is 41.5 Å². The molecule has 0 aliphatic carbocycles. The third kappa shape index (κ3) is 4.13. The molecule has 9 heteroatoms. The first-order chi connectivity index (χ1) is 11.0. The lowest BCUT2D eigenvalue weighted by Crippen LogP contribution is -2.34. The summed E-state index contributed by atoms with van der Waals surface area (Å²) in [6.45, 7) is 1.98. The molecule has 0 bridgehead atoms. The lowest BCUT2D eigenvalue weighted by molar-refractivity contribution is 0.176. The van der Waals surface area contributed by atoms with Crippen molar-refractivity contribution in [2.75, 3.05) is 20.3 Å². The Morgan fingerprint density at radius 1 is 1.35 bits per heavy atom. The second kappa shape index (κ2) is 7.32. The Morgan fingerprint density at radius 3 is 2.57 bits per heavy atom. The van der Waals surface area contributed by atoms with Crippen molar-refractivity contribution in [3.8, 4) is 6.07 Å². The lowest BCUT2D eigenvalue weighted by atomic mass is 10.2. The van der Waals surface area contributed by atoms with E-state index in [2.05, 4.69) is 10.1 Å². The number of ether oxygens (including phenoxy) is 1. The quantitative estimate of drug-likeness (QED) is 0.744. The zero-order chi connectivity index (χ0) is 16.9. The second-order valence-electron chi connectivity index (χ2n) is 4.70. The number of nitrogens with zero attached hydrogens (tertiary/aromatic N) is 4. The van der Waals surface area contributed by atoms with Gasteiger partial charge in [-0.25, -0.2) is 8.42 Å². The lowest BCUT2D eigenvalue weighted by Gasteiger charge is -2.20. The summed E-state index contributed by atoms with van der Waals surface area (Å²) >= 11 is 0. The number of methoxy groups -OCH3 is 1. The van der Waals surface area contributed by atoms with Gasteiger partial charge in [0, 0.05) is 20.6 Å². The van der Waals surface area contributed by atoms with Crippen molar-refractivity contribution >= 4 is 10.0 Å². The van der Waals surface area contributed by atoms with Crippen molar-refractivity contribution in [2.24, 2.45) is 0 Å². The van der Waals surface area contributed by atoms with Crippen molar-refractivity contribution in [1.82, 2.24) is 14.4 Å². The first kappa shape index (κ1) is 17.1. The minimum absolute atomic E-state index is 0.0248. The summed E-state index contributed by atoms with van der Waals surface area (Å²) in [6, 6.07) is 7.66. The SMILES string of the molecule is COCCN(Cc1noc(C)n1)S(=O)(=O)c1ccc(C#N)cc1. The van der Waals surface area contributed by atoms with Crippen molar-refractivity contribution in [1.29, 1.82) is 5.26 Å². The van der Waals surface area contributed by atoms with Gasteiger partial charge in [-0.05, 0) is 24.3 Å². The molecule has 2 aromatic rings. The van der Waals surface area contributed by atoms with E-state index in [1.54, 1.807) is 6.92 Å². The summed E-state index contributed by atoms with van der Waals surface area (Å²) in [4.78, 5) is 4.12. The molecule has 0 unspecified atom stereocenters. The number of nitriles is 1. The Labute approximate surface area is 134 Å². The summed E-state index contributed by atoms with van der Waals surface area (Å²) in [5.74, 6) is 0.637. The van der Waals surface area contributed by atoms with Crippen LogP contribution in [-0.4, -0.2) is 43.1 Å². The van der Waals surface area contributed by atoms with E-state index in [-0.39, 0.29) is 30.4 Å². The Balaban J connectivity index is 2.29. The maximum absolute atomic E-state index is 12.8. The van der Waals surface area contributed by atoms with Crippen molar-refractivity contribution in [3.63, 3.8) is 0 Å². The Hall–Kier alpha value is -2.28. The van der Waals surface area contributed by atoms with E-state index in [4.69, 9.17) is 14.5 Å². The van der Waals surface area contributed by atoms with Gasteiger partial charge in [-0.15, -0.1) is 0 Å². The minimum Gasteiger partial charge on any atom is -0.383 e. The molecule has 1 aromatic heterocycles. The van der Waals surface area contributed by atoms with Gasteiger partial charge in [0.05, 0.1) is 29.7 Å². The highest BCUT2D eigenvalue weighted by molar-refractivity contribution is 7.89. The number of aryl methyl sites for hydroxylation is 1. The largest absolute Gasteiger partial charge is 0.383 e. The smallest absolute Gasteiger partial charge is 0.243 e. The molecule has 1 aromatic carbocycles. The Bertz CT molecular complexity index is 793. The zero-order valence-electron chi connectivity index (χ0n) is 12.8. The summed E-state index contributed by atoms with van der Waals surface area (Å²) in [5, 5.41) is 12.5. The molecule has 0 atom stereocenters. The molecule has 0 saturated heterocycles. The maximum Gasteiger partial charge on any atom is 0.243 e. The fourth-order valence-corrected chi connectivity index (χ4v) is 3.27. The monoisotopic (exact) mass is 336 g/mol.